The van der Waals surface area contributed by atoms with E-state index >= 15 is 0 Å². The molecule has 138 valence electrons. The summed E-state index contributed by atoms with van der Waals surface area (Å²) in [6, 6.07) is 4.77. The van der Waals surface area contributed by atoms with Crippen LogP contribution in [0, 0.1) is 34.5 Å². The minimum Gasteiger partial charge on any atom is -0.352 e. The predicted molar refractivity (Wildman–Crippen MR) is 96.4 cm³/mol. The van der Waals surface area contributed by atoms with Gasteiger partial charge in [-0.2, -0.15) is 10.5 Å². The van der Waals surface area contributed by atoms with Crippen LogP contribution in [0.3, 0.4) is 0 Å². The van der Waals surface area contributed by atoms with Crippen LogP contribution >= 0.6 is 0 Å². The van der Waals surface area contributed by atoms with Gasteiger partial charge in [-0.3, -0.25) is 14.6 Å². The van der Waals surface area contributed by atoms with E-state index in [1.165, 1.54) is 12.8 Å². The lowest BCUT2D eigenvalue weighted by atomic mass is 9.87. The van der Waals surface area contributed by atoms with Crippen LogP contribution in [0.1, 0.15) is 45.4 Å². The first-order valence-corrected chi connectivity index (χ1v) is 9.61. The lowest BCUT2D eigenvalue weighted by Gasteiger charge is -2.35. The molecule has 6 heteroatoms. The molecule has 0 radical (unpaired) electrons. The van der Waals surface area contributed by atoms with Gasteiger partial charge in [-0.1, -0.05) is 19.8 Å². The van der Waals surface area contributed by atoms with Gasteiger partial charge in [0, 0.05) is 45.2 Å². The molecule has 1 aliphatic heterocycles. The zero-order chi connectivity index (χ0) is 18.1. The fourth-order valence-electron chi connectivity index (χ4n) is 3.92. The summed E-state index contributed by atoms with van der Waals surface area (Å²) in [5.74, 6) is 0.802. The highest BCUT2D eigenvalue weighted by molar-refractivity contribution is 5.78. The Morgan fingerprint density at radius 2 is 1.92 bits per heavy atom. The molecular weight excluding hydrogens is 314 g/mol. The lowest BCUT2D eigenvalue weighted by Crippen LogP contribution is -2.51. The van der Waals surface area contributed by atoms with Crippen LogP contribution in [0.15, 0.2) is 0 Å². The molecule has 3 atom stereocenters. The van der Waals surface area contributed by atoms with Gasteiger partial charge < -0.3 is 5.32 Å². The Kier molecular flexibility index (Phi) is 8.18. The van der Waals surface area contributed by atoms with Crippen LogP contribution in [0.2, 0.25) is 0 Å². The summed E-state index contributed by atoms with van der Waals surface area (Å²) in [5, 5.41) is 21.0. The Balaban J connectivity index is 1.65. The van der Waals surface area contributed by atoms with Gasteiger partial charge >= 0.3 is 0 Å². The second-order valence-electron chi connectivity index (χ2n) is 7.64. The van der Waals surface area contributed by atoms with E-state index in [2.05, 4.69) is 34.2 Å². The second kappa shape index (κ2) is 10.4. The third kappa shape index (κ3) is 7.02. The molecule has 0 aromatic rings. The van der Waals surface area contributed by atoms with Crippen molar-refractivity contribution in [2.75, 3.05) is 39.3 Å². The first-order valence-electron chi connectivity index (χ1n) is 9.61. The molecular formula is C19H31N5O. The van der Waals surface area contributed by atoms with E-state index in [9.17, 15) is 10.1 Å². The normalized spacial score (nSPS) is 26.4. The van der Waals surface area contributed by atoms with Crippen LogP contribution in [0.25, 0.3) is 0 Å². The zero-order valence-electron chi connectivity index (χ0n) is 15.4. The maximum atomic E-state index is 12.3. The van der Waals surface area contributed by atoms with Crippen molar-refractivity contribution in [3.63, 3.8) is 0 Å². The van der Waals surface area contributed by atoms with E-state index in [4.69, 9.17) is 5.26 Å². The number of piperazine rings is 1. The maximum absolute atomic E-state index is 12.3. The van der Waals surface area contributed by atoms with Gasteiger partial charge in [-0.15, -0.1) is 0 Å². The highest BCUT2D eigenvalue weighted by Gasteiger charge is 2.24. The Hall–Kier alpha value is -1.63. The molecule has 1 saturated heterocycles. The van der Waals surface area contributed by atoms with Gasteiger partial charge in [0.05, 0.1) is 24.6 Å². The molecule has 1 aliphatic carbocycles. The van der Waals surface area contributed by atoms with Crippen molar-refractivity contribution in [1.82, 2.24) is 15.1 Å². The Bertz CT molecular complexity index is 501. The molecule has 2 rings (SSSR count). The molecule has 25 heavy (non-hydrogen) atoms. The van der Waals surface area contributed by atoms with E-state index < -0.39 is 0 Å². The number of nitrogens with one attached hydrogen (secondary N) is 1. The summed E-state index contributed by atoms with van der Waals surface area (Å²) in [6.45, 7) is 6.99. The summed E-state index contributed by atoms with van der Waals surface area (Å²) >= 11 is 0. The molecule has 2 fully saturated rings. The minimum absolute atomic E-state index is 0.0669. The summed E-state index contributed by atoms with van der Waals surface area (Å²) in [7, 11) is 0. The number of hydrogen-bond acceptors (Lipinski definition) is 5. The maximum Gasteiger partial charge on any atom is 0.234 e. The monoisotopic (exact) mass is 345 g/mol. The summed E-state index contributed by atoms with van der Waals surface area (Å²) in [4.78, 5) is 16.8. The topological polar surface area (TPSA) is 83.2 Å². The molecule has 0 unspecified atom stereocenters. The quantitative estimate of drug-likeness (QED) is 0.760. The van der Waals surface area contributed by atoms with Crippen molar-refractivity contribution in [1.29, 1.82) is 10.5 Å². The van der Waals surface area contributed by atoms with Crippen LogP contribution in [0.5, 0.6) is 0 Å². The number of hydrogen-bond donors (Lipinski definition) is 1. The summed E-state index contributed by atoms with van der Waals surface area (Å²) in [6.07, 6.45) is 5.82. The molecule has 1 N–H and O–H groups in total. The van der Waals surface area contributed by atoms with Gasteiger partial charge in [0.25, 0.3) is 0 Å². The van der Waals surface area contributed by atoms with Crippen molar-refractivity contribution in [3.8, 4) is 12.1 Å². The van der Waals surface area contributed by atoms with Gasteiger partial charge in [-0.25, -0.2) is 0 Å². The summed E-state index contributed by atoms with van der Waals surface area (Å²) < 4.78 is 0. The molecule has 1 saturated carbocycles. The first-order chi connectivity index (χ1) is 12.1. The molecule has 0 bridgehead atoms. The predicted octanol–water partition coefficient (Wildman–Crippen LogP) is 1.74. The van der Waals surface area contributed by atoms with Crippen molar-refractivity contribution >= 4 is 5.91 Å². The number of nitrogens with zero attached hydrogens (tertiary/aromatic N) is 4. The minimum atomic E-state index is -0.0669. The highest BCUT2D eigenvalue weighted by atomic mass is 16.2. The van der Waals surface area contributed by atoms with Gasteiger partial charge in [0.2, 0.25) is 5.91 Å². The molecule has 1 heterocycles. The van der Waals surface area contributed by atoms with Gasteiger partial charge in [0.1, 0.15) is 0 Å². The molecule has 1 amide bonds. The van der Waals surface area contributed by atoms with E-state index in [0.29, 0.717) is 25.4 Å². The van der Waals surface area contributed by atoms with Gasteiger partial charge in [-0.05, 0) is 25.2 Å². The third-order valence-electron chi connectivity index (χ3n) is 5.40. The molecule has 0 spiro atoms. The van der Waals surface area contributed by atoms with Crippen LogP contribution < -0.4 is 5.32 Å². The molecule has 2 aliphatic rings. The highest BCUT2D eigenvalue weighted by Crippen LogP contribution is 2.23. The first kappa shape index (κ1) is 19.7. The molecule has 0 aromatic heterocycles. The van der Waals surface area contributed by atoms with Crippen molar-refractivity contribution < 1.29 is 4.79 Å². The van der Waals surface area contributed by atoms with Crippen LogP contribution in [-0.4, -0.2) is 61.0 Å². The van der Waals surface area contributed by atoms with E-state index in [1.54, 1.807) is 0 Å². The smallest absolute Gasteiger partial charge is 0.234 e. The van der Waals surface area contributed by atoms with Crippen molar-refractivity contribution in [3.05, 3.63) is 0 Å². The second-order valence-corrected chi connectivity index (χ2v) is 7.64. The van der Waals surface area contributed by atoms with Crippen LogP contribution in [0.4, 0.5) is 0 Å². The fourth-order valence-corrected chi connectivity index (χ4v) is 3.92. The standard InChI is InChI=1S/C19H31N5O/c1-16-4-2-6-18(12-16)22-19(25)15-24-10-8-23(9-11-24)14-17(13-21)5-3-7-20/h16-18H,2-6,8-12,14-15H2,1H3,(H,22,25)/t16-,17+,18+/m1/s1. The van der Waals surface area contributed by atoms with Crippen molar-refractivity contribution in [2.24, 2.45) is 11.8 Å². The lowest BCUT2D eigenvalue weighted by molar-refractivity contribution is -0.123. The third-order valence-corrected chi connectivity index (χ3v) is 5.40. The number of amides is 1. The summed E-state index contributed by atoms with van der Waals surface area (Å²) in [5.41, 5.74) is 0. The largest absolute Gasteiger partial charge is 0.352 e. The molecule has 6 nitrogen and oxygen atoms in total. The average Bonchev–Trinajstić information content (AvgIpc) is 2.60. The zero-order valence-corrected chi connectivity index (χ0v) is 15.4. The number of rotatable bonds is 7. The van der Waals surface area contributed by atoms with Crippen molar-refractivity contribution in [2.45, 2.75) is 51.5 Å². The molecule has 0 aromatic carbocycles. The van der Waals surface area contributed by atoms with E-state index in [0.717, 1.165) is 51.5 Å². The Labute approximate surface area is 151 Å². The van der Waals surface area contributed by atoms with Gasteiger partial charge in [0.15, 0.2) is 0 Å². The van der Waals surface area contributed by atoms with E-state index in [-0.39, 0.29) is 11.8 Å². The van der Waals surface area contributed by atoms with Crippen LogP contribution in [-0.2, 0) is 4.79 Å². The number of carbonyl (C=O) groups excluding carboxylic acids is 1. The number of nitriles is 2. The fraction of sp³-hybridized carbons (Fsp3) is 0.842. The average molecular weight is 345 g/mol. The number of carbonyl (C=O) groups is 1. The Morgan fingerprint density at radius 3 is 2.56 bits per heavy atom. The Morgan fingerprint density at radius 1 is 1.20 bits per heavy atom. The van der Waals surface area contributed by atoms with E-state index in [1.807, 2.05) is 0 Å². The SMILES string of the molecule is C[C@@H]1CCC[C@H](NC(=O)CN2CCN(C[C@H](C#N)CCC#N)CC2)C1.